The zero-order valence-corrected chi connectivity index (χ0v) is 15.1. The molecule has 3 rings (SSSR count). The van der Waals surface area contributed by atoms with Gasteiger partial charge in [-0.1, -0.05) is 35.5 Å². The Bertz CT molecular complexity index is 768. The summed E-state index contributed by atoms with van der Waals surface area (Å²) in [4.78, 5) is 28.4. The van der Waals surface area contributed by atoms with E-state index in [1.54, 1.807) is 11.8 Å². The van der Waals surface area contributed by atoms with Gasteiger partial charge in [0, 0.05) is 31.7 Å². The van der Waals surface area contributed by atoms with Gasteiger partial charge < -0.3 is 15.2 Å². The van der Waals surface area contributed by atoms with E-state index in [1.807, 2.05) is 42.2 Å². The third-order valence-electron chi connectivity index (χ3n) is 4.91. The molecule has 0 bridgehead atoms. The molecule has 26 heavy (non-hydrogen) atoms. The first kappa shape index (κ1) is 18.1. The van der Waals surface area contributed by atoms with Crippen molar-refractivity contribution in [3.63, 3.8) is 0 Å². The number of carbonyl (C=O) groups is 2. The number of piperazine rings is 1. The van der Waals surface area contributed by atoms with Gasteiger partial charge in [0.1, 0.15) is 11.8 Å². The van der Waals surface area contributed by atoms with E-state index < -0.39 is 11.9 Å². The maximum Gasteiger partial charge on any atom is 0.236 e. The van der Waals surface area contributed by atoms with E-state index in [0.29, 0.717) is 31.9 Å². The molecule has 1 aliphatic rings. The number of hydrogen-bond donors (Lipinski definition) is 1. The minimum Gasteiger partial charge on any atom is -0.368 e. The number of aryl methyl sites for hydroxylation is 2. The van der Waals surface area contributed by atoms with Gasteiger partial charge in [-0.05, 0) is 19.4 Å². The van der Waals surface area contributed by atoms with E-state index in [0.717, 1.165) is 16.8 Å². The largest absolute Gasteiger partial charge is 0.368 e. The Morgan fingerprint density at radius 3 is 2.58 bits per heavy atom. The first-order chi connectivity index (χ1) is 12.5. The number of nitrogens with zero attached hydrogens (tertiary/aromatic N) is 3. The highest BCUT2D eigenvalue weighted by Crippen LogP contribution is 2.18. The van der Waals surface area contributed by atoms with Crippen molar-refractivity contribution in [3.05, 3.63) is 52.9 Å². The number of primary amides is 1. The molecule has 2 heterocycles. The lowest BCUT2D eigenvalue weighted by Crippen LogP contribution is -2.59. The highest BCUT2D eigenvalue weighted by atomic mass is 16.5. The third-order valence-corrected chi connectivity index (χ3v) is 4.91. The van der Waals surface area contributed by atoms with Crippen LogP contribution in [0.2, 0.25) is 0 Å². The second-order valence-corrected chi connectivity index (χ2v) is 6.69. The molecule has 2 amide bonds. The molecule has 138 valence electrons. The predicted molar refractivity (Wildman–Crippen MR) is 96.1 cm³/mol. The summed E-state index contributed by atoms with van der Waals surface area (Å²) in [7, 11) is 0. The van der Waals surface area contributed by atoms with Gasteiger partial charge in [0.05, 0.1) is 12.1 Å². The fourth-order valence-electron chi connectivity index (χ4n) is 3.34. The lowest BCUT2D eigenvalue weighted by molar-refractivity contribution is -0.136. The van der Waals surface area contributed by atoms with E-state index >= 15 is 0 Å². The number of aromatic nitrogens is 1. The van der Waals surface area contributed by atoms with Crippen LogP contribution in [0.5, 0.6) is 0 Å². The van der Waals surface area contributed by atoms with Crippen LogP contribution in [0.1, 0.15) is 22.6 Å². The Morgan fingerprint density at radius 2 is 1.96 bits per heavy atom. The topological polar surface area (TPSA) is 92.7 Å². The Hall–Kier alpha value is -2.67. The molecule has 1 aromatic heterocycles. The minimum absolute atomic E-state index is 0.0370. The molecular formula is C19H24N4O3. The van der Waals surface area contributed by atoms with E-state index in [4.69, 9.17) is 10.3 Å². The van der Waals surface area contributed by atoms with Crippen LogP contribution in [0.4, 0.5) is 0 Å². The molecule has 0 spiro atoms. The Morgan fingerprint density at radius 1 is 1.23 bits per heavy atom. The van der Waals surface area contributed by atoms with E-state index in [1.165, 1.54) is 0 Å². The van der Waals surface area contributed by atoms with Crippen LogP contribution < -0.4 is 5.73 Å². The average Bonchev–Trinajstić information content (AvgIpc) is 2.94. The number of hydrogen-bond acceptors (Lipinski definition) is 5. The SMILES string of the molecule is Cc1noc(C)c1CC(=O)N1CCN(Cc2ccccc2)[C@H](C(N)=O)C1. The van der Waals surface area contributed by atoms with Crippen LogP contribution in [0.15, 0.2) is 34.9 Å². The molecule has 1 saturated heterocycles. The van der Waals surface area contributed by atoms with Crippen molar-refractivity contribution in [3.8, 4) is 0 Å². The second kappa shape index (κ2) is 7.70. The van der Waals surface area contributed by atoms with Gasteiger partial charge in [0.25, 0.3) is 0 Å². The van der Waals surface area contributed by atoms with Crippen LogP contribution in [0.3, 0.4) is 0 Å². The zero-order chi connectivity index (χ0) is 18.7. The maximum absolute atomic E-state index is 12.7. The first-order valence-electron chi connectivity index (χ1n) is 8.72. The average molecular weight is 356 g/mol. The summed E-state index contributed by atoms with van der Waals surface area (Å²) < 4.78 is 5.12. The number of carbonyl (C=O) groups excluding carboxylic acids is 2. The lowest BCUT2D eigenvalue weighted by atomic mass is 10.1. The van der Waals surface area contributed by atoms with Crippen LogP contribution in [0.25, 0.3) is 0 Å². The molecule has 2 aromatic rings. The van der Waals surface area contributed by atoms with E-state index in [9.17, 15) is 9.59 Å². The van der Waals surface area contributed by atoms with Crippen LogP contribution in [-0.2, 0) is 22.6 Å². The zero-order valence-electron chi connectivity index (χ0n) is 15.1. The normalized spacial score (nSPS) is 18.1. The minimum atomic E-state index is -0.488. The van der Waals surface area contributed by atoms with Crippen molar-refractivity contribution in [2.45, 2.75) is 32.9 Å². The number of nitrogens with two attached hydrogens (primary N) is 1. The Balaban J connectivity index is 1.67. The van der Waals surface area contributed by atoms with Crippen LogP contribution >= 0.6 is 0 Å². The summed E-state index contributed by atoms with van der Waals surface area (Å²) in [5, 5.41) is 3.89. The van der Waals surface area contributed by atoms with Gasteiger partial charge in [-0.3, -0.25) is 14.5 Å². The van der Waals surface area contributed by atoms with Gasteiger partial charge in [0.15, 0.2) is 0 Å². The summed E-state index contributed by atoms with van der Waals surface area (Å²) in [6, 6.07) is 9.45. The fraction of sp³-hybridized carbons (Fsp3) is 0.421. The van der Waals surface area contributed by atoms with Crippen molar-refractivity contribution in [1.29, 1.82) is 0 Å². The van der Waals surface area contributed by atoms with Crippen molar-refractivity contribution in [1.82, 2.24) is 15.0 Å². The van der Waals surface area contributed by atoms with Crippen molar-refractivity contribution in [2.75, 3.05) is 19.6 Å². The van der Waals surface area contributed by atoms with Gasteiger partial charge >= 0.3 is 0 Å². The summed E-state index contributed by atoms with van der Waals surface area (Å²) in [5.41, 5.74) is 8.28. The summed E-state index contributed by atoms with van der Waals surface area (Å²) >= 11 is 0. The molecule has 2 N–H and O–H groups in total. The number of amides is 2. The van der Waals surface area contributed by atoms with Crippen molar-refractivity contribution in [2.24, 2.45) is 5.73 Å². The van der Waals surface area contributed by atoms with Gasteiger partial charge in [-0.15, -0.1) is 0 Å². The molecule has 1 aliphatic heterocycles. The monoisotopic (exact) mass is 356 g/mol. The molecule has 0 unspecified atom stereocenters. The smallest absolute Gasteiger partial charge is 0.236 e. The highest BCUT2D eigenvalue weighted by Gasteiger charge is 2.33. The Labute approximate surface area is 152 Å². The molecule has 1 aromatic carbocycles. The van der Waals surface area contributed by atoms with Gasteiger partial charge in [-0.25, -0.2) is 0 Å². The lowest BCUT2D eigenvalue weighted by Gasteiger charge is -2.40. The standard InChI is InChI=1S/C19H24N4O3/c1-13-16(14(2)26-21-13)10-18(24)23-9-8-22(17(12-23)19(20)25)11-15-6-4-3-5-7-15/h3-7,17H,8-12H2,1-2H3,(H2,20,25)/t17-/m0/s1. The van der Waals surface area contributed by atoms with Gasteiger partial charge in [0.2, 0.25) is 11.8 Å². The maximum atomic E-state index is 12.7. The molecule has 1 atom stereocenters. The second-order valence-electron chi connectivity index (χ2n) is 6.69. The predicted octanol–water partition coefficient (Wildman–Crippen LogP) is 1.03. The van der Waals surface area contributed by atoms with Gasteiger partial charge in [-0.2, -0.15) is 0 Å². The van der Waals surface area contributed by atoms with Crippen LogP contribution in [-0.4, -0.2) is 52.4 Å². The molecular weight excluding hydrogens is 332 g/mol. The van der Waals surface area contributed by atoms with Crippen molar-refractivity contribution < 1.29 is 14.1 Å². The molecule has 0 saturated carbocycles. The Kier molecular flexibility index (Phi) is 5.37. The summed E-state index contributed by atoms with van der Waals surface area (Å²) in [6.07, 6.45) is 0.228. The molecule has 7 heteroatoms. The fourth-order valence-corrected chi connectivity index (χ4v) is 3.34. The molecule has 0 aliphatic carbocycles. The number of rotatable bonds is 5. The number of benzene rings is 1. The summed E-state index contributed by atoms with van der Waals surface area (Å²) in [5.74, 6) is 0.214. The molecule has 0 radical (unpaired) electrons. The molecule has 1 fully saturated rings. The quantitative estimate of drug-likeness (QED) is 0.864. The summed E-state index contributed by atoms with van der Waals surface area (Å²) in [6.45, 7) is 5.75. The third kappa shape index (κ3) is 3.94. The first-order valence-corrected chi connectivity index (χ1v) is 8.72. The van der Waals surface area contributed by atoms with Crippen LogP contribution in [0, 0.1) is 13.8 Å². The van der Waals surface area contributed by atoms with E-state index in [2.05, 4.69) is 5.16 Å². The molecule has 7 nitrogen and oxygen atoms in total. The highest BCUT2D eigenvalue weighted by molar-refractivity contribution is 5.83. The van der Waals surface area contributed by atoms with E-state index in [-0.39, 0.29) is 12.3 Å². The van der Waals surface area contributed by atoms with Crippen molar-refractivity contribution >= 4 is 11.8 Å².